The lowest BCUT2D eigenvalue weighted by atomic mass is 10.1. The molecule has 3 aromatic carbocycles. The van der Waals surface area contributed by atoms with Gasteiger partial charge in [0.05, 0.1) is 10.4 Å². The predicted octanol–water partition coefficient (Wildman–Crippen LogP) is 4.69. The number of benzene rings is 3. The van der Waals surface area contributed by atoms with Crippen LogP contribution in [0.4, 0.5) is 5.69 Å². The minimum Gasteiger partial charge on any atom is -0.507 e. The number of hydrogen-bond acceptors (Lipinski definition) is 5. The Morgan fingerprint density at radius 2 is 1.89 bits per heavy atom. The van der Waals surface area contributed by atoms with Crippen LogP contribution in [0.15, 0.2) is 59.4 Å². The first-order chi connectivity index (χ1) is 13.4. The van der Waals surface area contributed by atoms with Gasteiger partial charge in [-0.15, -0.1) is 0 Å². The number of aliphatic hydroxyl groups is 1. The molecular formula is C20H12ClN3O4. The van der Waals surface area contributed by atoms with E-state index in [4.69, 9.17) is 11.6 Å². The number of aromatic nitrogens is 2. The molecule has 1 aromatic heterocycles. The molecule has 0 bridgehead atoms. The van der Waals surface area contributed by atoms with E-state index >= 15 is 0 Å². The number of aliphatic hydroxyl groups excluding tert-OH is 1. The van der Waals surface area contributed by atoms with Gasteiger partial charge in [-0.25, -0.2) is 4.98 Å². The summed E-state index contributed by atoms with van der Waals surface area (Å²) in [6.45, 7) is 0. The van der Waals surface area contributed by atoms with E-state index in [1.54, 1.807) is 12.1 Å². The SMILES string of the molecule is O=c1[nH]c2c([N+](=O)[O-])cc(Cl)cc2nc1/C=C(\O)c1ccc2ccccc2c1. The highest BCUT2D eigenvalue weighted by molar-refractivity contribution is 6.31. The maximum absolute atomic E-state index is 12.3. The van der Waals surface area contributed by atoms with Crippen LogP contribution in [0.2, 0.25) is 5.02 Å². The quantitative estimate of drug-likeness (QED) is 0.298. The number of H-pyrrole nitrogens is 1. The molecule has 0 radical (unpaired) electrons. The second kappa shape index (κ2) is 6.79. The van der Waals surface area contributed by atoms with Gasteiger partial charge in [0.25, 0.3) is 11.2 Å². The zero-order valence-electron chi connectivity index (χ0n) is 14.2. The van der Waals surface area contributed by atoms with Gasteiger partial charge in [0.15, 0.2) is 0 Å². The lowest BCUT2D eigenvalue weighted by molar-refractivity contribution is -0.383. The number of halogens is 1. The van der Waals surface area contributed by atoms with Gasteiger partial charge >= 0.3 is 0 Å². The molecule has 0 aliphatic rings. The number of aromatic amines is 1. The van der Waals surface area contributed by atoms with Gasteiger partial charge < -0.3 is 10.1 Å². The Balaban J connectivity index is 1.84. The molecule has 0 amide bonds. The molecule has 0 aliphatic carbocycles. The third-order valence-electron chi connectivity index (χ3n) is 4.29. The summed E-state index contributed by atoms with van der Waals surface area (Å²) in [6.07, 6.45) is 1.22. The Kier molecular flexibility index (Phi) is 4.29. The van der Waals surface area contributed by atoms with Crippen LogP contribution in [0.25, 0.3) is 33.6 Å². The van der Waals surface area contributed by atoms with Gasteiger partial charge in [-0.2, -0.15) is 0 Å². The highest BCUT2D eigenvalue weighted by Gasteiger charge is 2.17. The second-order valence-electron chi connectivity index (χ2n) is 6.12. The van der Waals surface area contributed by atoms with Crippen molar-refractivity contribution in [3.63, 3.8) is 0 Å². The van der Waals surface area contributed by atoms with E-state index in [0.29, 0.717) is 5.56 Å². The first-order valence-electron chi connectivity index (χ1n) is 8.20. The number of rotatable bonds is 3. The fourth-order valence-corrected chi connectivity index (χ4v) is 3.16. The van der Waals surface area contributed by atoms with E-state index in [2.05, 4.69) is 9.97 Å². The molecule has 1 heterocycles. The molecule has 0 saturated carbocycles. The largest absolute Gasteiger partial charge is 0.507 e. The molecule has 28 heavy (non-hydrogen) atoms. The van der Waals surface area contributed by atoms with E-state index < -0.39 is 10.5 Å². The monoisotopic (exact) mass is 393 g/mol. The number of nitrogens with zero attached hydrogens (tertiary/aromatic N) is 2. The molecule has 0 aliphatic heterocycles. The number of nitrogens with one attached hydrogen (secondary N) is 1. The molecule has 0 atom stereocenters. The van der Waals surface area contributed by atoms with Gasteiger partial charge in [-0.05, 0) is 22.9 Å². The lowest BCUT2D eigenvalue weighted by Gasteiger charge is -2.04. The minimum absolute atomic E-state index is 0.0262. The summed E-state index contributed by atoms with van der Waals surface area (Å²) in [5.74, 6) is -0.153. The summed E-state index contributed by atoms with van der Waals surface area (Å²) < 4.78 is 0. The Hall–Kier alpha value is -3.71. The van der Waals surface area contributed by atoms with Crippen molar-refractivity contribution in [2.75, 3.05) is 0 Å². The Labute approximate surface area is 162 Å². The number of nitro benzene ring substituents is 1. The number of nitro groups is 1. The Morgan fingerprint density at radius 3 is 2.64 bits per heavy atom. The third-order valence-corrected chi connectivity index (χ3v) is 4.51. The second-order valence-corrected chi connectivity index (χ2v) is 6.56. The van der Waals surface area contributed by atoms with Crippen molar-refractivity contribution in [1.82, 2.24) is 9.97 Å². The van der Waals surface area contributed by atoms with E-state index in [-0.39, 0.29) is 33.2 Å². The molecule has 4 aromatic rings. The molecule has 0 unspecified atom stereocenters. The van der Waals surface area contributed by atoms with Crippen molar-refractivity contribution >= 4 is 50.9 Å². The average Bonchev–Trinajstić information content (AvgIpc) is 2.67. The molecule has 4 rings (SSSR count). The standard InChI is InChI=1S/C20H12ClN3O4/c21-14-8-15-19(17(9-14)24(27)28)23-20(26)16(22-15)10-18(25)13-6-5-11-3-1-2-4-12(11)7-13/h1-10,25H,(H,23,26)/b18-10-. The average molecular weight is 394 g/mol. The third kappa shape index (κ3) is 3.19. The van der Waals surface area contributed by atoms with Crippen molar-refractivity contribution in [3.05, 3.63) is 91.3 Å². The lowest BCUT2D eigenvalue weighted by Crippen LogP contribution is -2.13. The Morgan fingerprint density at radius 1 is 1.14 bits per heavy atom. The van der Waals surface area contributed by atoms with E-state index in [0.717, 1.165) is 16.8 Å². The van der Waals surface area contributed by atoms with Gasteiger partial charge in [0.1, 0.15) is 17.0 Å². The number of hydrogen-bond donors (Lipinski definition) is 2. The highest BCUT2D eigenvalue weighted by atomic mass is 35.5. The summed E-state index contributed by atoms with van der Waals surface area (Å²) in [5.41, 5.74) is -0.462. The van der Waals surface area contributed by atoms with Crippen molar-refractivity contribution in [2.45, 2.75) is 0 Å². The predicted molar refractivity (Wildman–Crippen MR) is 108 cm³/mol. The molecule has 0 saturated heterocycles. The topological polar surface area (TPSA) is 109 Å². The number of fused-ring (bicyclic) bond motifs is 2. The smallest absolute Gasteiger partial charge is 0.296 e. The molecule has 138 valence electrons. The summed E-state index contributed by atoms with van der Waals surface area (Å²) in [7, 11) is 0. The normalized spacial score (nSPS) is 11.8. The molecule has 8 heteroatoms. The molecule has 0 spiro atoms. The van der Waals surface area contributed by atoms with Crippen molar-refractivity contribution in [2.24, 2.45) is 0 Å². The molecule has 0 fully saturated rings. The van der Waals surface area contributed by atoms with Crippen LogP contribution in [0, 0.1) is 10.1 Å². The maximum atomic E-state index is 12.3. The molecule has 7 nitrogen and oxygen atoms in total. The maximum Gasteiger partial charge on any atom is 0.296 e. The fraction of sp³-hybridized carbons (Fsp3) is 0. The van der Waals surface area contributed by atoms with Gasteiger partial charge in [-0.1, -0.05) is 48.0 Å². The van der Waals surface area contributed by atoms with Crippen molar-refractivity contribution in [3.8, 4) is 0 Å². The molecule has 2 N–H and O–H groups in total. The van der Waals surface area contributed by atoms with Gasteiger partial charge in [0, 0.05) is 22.7 Å². The summed E-state index contributed by atoms with van der Waals surface area (Å²) >= 11 is 5.92. The fourth-order valence-electron chi connectivity index (χ4n) is 2.96. The van der Waals surface area contributed by atoms with Gasteiger partial charge in [-0.3, -0.25) is 14.9 Å². The summed E-state index contributed by atoms with van der Waals surface area (Å²) in [6, 6.07) is 15.6. The van der Waals surface area contributed by atoms with Crippen LogP contribution >= 0.6 is 11.6 Å². The number of non-ortho nitro benzene ring substituents is 1. The van der Waals surface area contributed by atoms with Crippen LogP contribution in [0.5, 0.6) is 0 Å². The zero-order valence-corrected chi connectivity index (χ0v) is 15.0. The first kappa shape index (κ1) is 17.7. The highest BCUT2D eigenvalue weighted by Crippen LogP contribution is 2.27. The van der Waals surface area contributed by atoms with Crippen LogP contribution < -0.4 is 5.56 Å². The van der Waals surface area contributed by atoms with Gasteiger partial charge in [0.2, 0.25) is 0 Å². The first-order valence-corrected chi connectivity index (χ1v) is 8.58. The van der Waals surface area contributed by atoms with E-state index in [9.17, 15) is 20.0 Å². The van der Waals surface area contributed by atoms with E-state index in [1.807, 2.05) is 30.3 Å². The van der Waals surface area contributed by atoms with Crippen LogP contribution in [-0.2, 0) is 0 Å². The van der Waals surface area contributed by atoms with Crippen molar-refractivity contribution < 1.29 is 10.0 Å². The Bertz CT molecular complexity index is 1340. The van der Waals surface area contributed by atoms with Crippen molar-refractivity contribution in [1.29, 1.82) is 0 Å². The molecular weight excluding hydrogens is 382 g/mol. The summed E-state index contributed by atoms with van der Waals surface area (Å²) in [4.78, 5) is 29.5. The van der Waals surface area contributed by atoms with Crippen LogP contribution in [0.3, 0.4) is 0 Å². The van der Waals surface area contributed by atoms with E-state index in [1.165, 1.54) is 12.1 Å². The summed E-state index contributed by atoms with van der Waals surface area (Å²) in [5, 5.41) is 23.7. The van der Waals surface area contributed by atoms with Crippen LogP contribution in [0.1, 0.15) is 11.3 Å². The minimum atomic E-state index is -0.662. The van der Waals surface area contributed by atoms with Crippen LogP contribution in [-0.4, -0.2) is 20.0 Å². The zero-order chi connectivity index (χ0) is 19.8.